The van der Waals surface area contributed by atoms with Crippen molar-refractivity contribution in [3.63, 3.8) is 0 Å². The predicted octanol–water partition coefficient (Wildman–Crippen LogP) is 3.29. The fourth-order valence-corrected chi connectivity index (χ4v) is 4.87. The maximum atomic E-state index is 12.9. The Morgan fingerprint density at radius 2 is 1.73 bits per heavy atom. The second kappa shape index (κ2) is 7.90. The summed E-state index contributed by atoms with van der Waals surface area (Å²) in [5, 5.41) is 0. The number of aryl methyl sites for hydroxylation is 1. The molecule has 2 aromatic carbocycles. The minimum Gasteiger partial charge on any atom is -0.337 e. The number of hydrogen-bond donors (Lipinski definition) is 0. The van der Waals surface area contributed by atoms with Gasteiger partial charge in [-0.1, -0.05) is 39.7 Å². The van der Waals surface area contributed by atoms with Gasteiger partial charge in [0.05, 0.1) is 4.90 Å². The summed E-state index contributed by atoms with van der Waals surface area (Å²) in [6, 6.07) is 14.1. The molecule has 1 aliphatic rings. The molecule has 1 fully saturated rings. The van der Waals surface area contributed by atoms with Gasteiger partial charge in [0.2, 0.25) is 10.0 Å². The average Bonchev–Trinajstić information content (AvgIpc) is 2.88. The third-order valence-electron chi connectivity index (χ3n) is 4.47. The zero-order valence-corrected chi connectivity index (χ0v) is 17.0. The van der Waals surface area contributed by atoms with Crippen LogP contribution in [0.3, 0.4) is 0 Å². The second-order valence-corrected chi connectivity index (χ2v) is 9.23. The van der Waals surface area contributed by atoms with Crippen LogP contribution in [0.5, 0.6) is 0 Å². The fourth-order valence-electron chi connectivity index (χ4n) is 3.00. The van der Waals surface area contributed by atoms with Crippen LogP contribution in [0.25, 0.3) is 0 Å². The quantitative estimate of drug-likeness (QED) is 0.741. The Bertz CT molecular complexity index is 897. The number of benzene rings is 2. The number of carbonyl (C=O) groups excluding carboxylic acids is 1. The zero-order chi connectivity index (χ0) is 18.7. The Morgan fingerprint density at radius 1 is 1.00 bits per heavy atom. The van der Waals surface area contributed by atoms with E-state index in [2.05, 4.69) is 15.9 Å². The lowest BCUT2D eigenvalue weighted by molar-refractivity contribution is 0.0764. The van der Waals surface area contributed by atoms with E-state index in [0.29, 0.717) is 43.1 Å². The molecule has 7 heteroatoms. The van der Waals surface area contributed by atoms with Gasteiger partial charge in [-0.3, -0.25) is 4.79 Å². The van der Waals surface area contributed by atoms with Crippen molar-refractivity contribution in [2.24, 2.45) is 0 Å². The smallest absolute Gasteiger partial charge is 0.253 e. The van der Waals surface area contributed by atoms with Gasteiger partial charge in [-0.05, 0) is 43.7 Å². The van der Waals surface area contributed by atoms with Gasteiger partial charge >= 0.3 is 0 Å². The Morgan fingerprint density at radius 3 is 2.42 bits per heavy atom. The van der Waals surface area contributed by atoms with Crippen LogP contribution in [0, 0.1) is 6.92 Å². The molecule has 138 valence electrons. The highest BCUT2D eigenvalue weighted by molar-refractivity contribution is 9.10. The number of hydrogen-bond acceptors (Lipinski definition) is 3. The van der Waals surface area contributed by atoms with E-state index < -0.39 is 10.0 Å². The molecule has 1 aliphatic heterocycles. The largest absolute Gasteiger partial charge is 0.337 e. The van der Waals surface area contributed by atoms with Crippen molar-refractivity contribution < 1.29 is 13.2 Å². The van der Waals surface area contributed by atoms with Crippen LogP contribution in [0.1, 0.15) is 22.3 Å². The monoisotopic (exact) mass is 436 g/mol. The molecule has 26 heavy (non-hydrogen) atoms. The lowest BCUT2D eigenvalue weighted by atomic mass is 10.2. The van der Waals surface area contributed by atoms with Crippen LogP contribution in [-0.4, -0.2) is 49.7 Å². The third kappa shape index (κ3) is 4.16. The molecule has 0 radical (unpaired) electrons. The Hall–Kier alpha value is -1.70. The van der Waals surface area contributed by atoms with Crippen molar-refractivity contribution in [3.8, 4) is 0 Å². The van der Waals surface area contributed by atoms with E-state index in [1.807, 2.05) is 19.1 Å². The van der Waals surface area contributed by atoms with Crippen LogP contribution < -0.4 is 0 Å². The van der Waals surface area contributed by atoms with Crippen LogP contribution in [0.15, 0.2) is 57.9 Å². The molecule has 0 spiro atoms. The fraction of sp³-hybridized carbons (Fsp3) is 0.316. The number of rotatable bonds is 3. The number of nitrogens with zero attached hydrogens (tertiary/aromatic N) is 2. The van der Waals surface area contributed by atoms with E-state index >= 15 is 0 Å². The molecular weight excluding hydrogens is 416 g/mol. The summed E-state index contributed by atoms with van der Waals surface area (Å²) in [4.78, 5) is 14.7. The van der Waals surface area contributed by atoms with Gasteiger partial charge in [0, 0.05) is 36.2 Å². The maximum absolute atomic E-state index is 12.9. The predicted molar refractivity (Wildman–Crippen MR) is 105 cm³/mol. The Kier molecular flexibility index (Phi) is 5.79. The summed E-state index contributed by atoms with van der Waals surface area (Å²) >= 11 is 3.38. The maximum Gasteiger partial charge on any atom is 0.253 e. The van der Waals surface area contributed by atoms with Crippen molar-refractivity contribution >= 4 is 31.9 Å². The lowest BCUT2D eigenvalue weighted by Crippen LogP contribution is -2.37. The number of carbonyl (C=O) groups is 1. The second-order valence-electron chi connectivity index (χ2n) is 6.37. The number of halogens is 1. The molecule has 1 heterocycles. The summed E-state index contributed by atoms with van der Waals surface area (Å²) in [5.41, 5.74) is 1.62. The van der Waals surface area contributed by atoms with Crippen LogP contribution >= 0.6 is 15.9 Å². The molecule has 0 aromatic heterocycles. The standard InChI is InChI=1S/C19H21BrN2O3S/c1-15-6-8-18(9-7-15)26(24,25)22-11-3-10-21(12-13-22)19(23)16-4-2-5-17(20)14-16/h2,4-9,14H,3,10-13H2,1H3. The average molecular weight is 437 g/mol. The molecule has 2 aromatic rings. The molecule has 0 unspecified atom stereocenters. The molecule has 3 rings (SSSR count). The minimum atomic E-state index is -3.53. The molecule has 1 amide bonds. The van der Waals surface area contributed by atoms with Crippen molar-refractivity contribution in [2.75, 3.05) is 26.2 Å². The third-order valence-corrected chi connectivity index (χ3v) is 6.88. The van der Waals surface area contributed by atoms with Gasteiger partial charge < -0.3 is 4.90 Å². The van der Waals surface area contributed by atoms with Gasteiger partial charge in [0.25, 0.3) is 5.91 Å². The first-order valence-electron chi connectivity index (χ1n) is 8.49. The van der Waals surface area contributed by atoms with Crippen LogP contribution in [0.4, 0.5) is 0 Å². The van der Waals surface area contributed by atoms with Crippen LogP contribution in [0.2, 0.25) is 0 Å². The molecule has 0 atom stereocenters. The minimum absolute atomic E-state index is 0.0686. The number of sulfonamides is 1. The van der Waals surface area contributed by atoms with E-state index in [4.69, 9.17) is 0 Å². The summed E-state index contributed by atoms with van der Waals surface area (Å²) < 4.78 is 28.0. The number of amides is 1. The van der Waals surface area contributed by atoms with E-state index in [9.17, 15) is 13.2 Å². The first-order valence-corrected chi connectivity index (χ1v) is 10.7. The van der Waals surface area contributed by atoms with Crippen molar-refractivity contribution in [1.29, 1.82) is 0 Å². The van der Waals surface area contributed by atoms with Gasteiger partial charge in [-0.2, -0.15) is 4.31 Å². The summed E-state index contributed by atoms with van der Waals surface area (Å²) in [6.07, 6.45) is 0.616. The van der Waals surface area contributed by atoms with E-state index in [0.717, 1.165) is 10.0 Å². The van der Waals surface area contributed by atoms with Gasteiger partial charge in [-0.25, -0.2) is 8.42 Å². The van der Waals surface area contributed by atoms with Crippen molar-refractivity contribution in [2.45, 2.75) is 18.2 Å². The zero-order valence-electron chi connectivity index (χ0n) is 14.6. The van der Waals surface area contributed by atoms with Crippen molar-refractivity contribution in [1.82, 2.24) is 9.21 Å². The SMILES string of the molecule is Cc1ccc(S(=O)(=O)N2CCCN(C(=O)c3cccc(Br)c3)CC2)cc1. The summed E-state index contributed by atoms with van der Waals surface area (Å²) in [5.74, 6) is -0.0686. The van der Waals surface area contributed by atoms with Gasteiger partial charge in [-0.15, -0.1) is 0 Å². The first-order chi connectivity index (χ1) is 12.4. The molecule has 0 saturated carbocycles. The molecule has 5 nitrogen and oxygen atoms in total. The summed E-state index contributed by atoms with van der Waals surface area (Å²) in [7, 11) is -3.53. The normalized spacial score (nSPS) is 16.3. The Balaban J connectivity index is 1.73. The van der Waals surface area contributed by atoms with E-state index in [1.54, 1.807) is 41.3 Å². The molecule has 0 N–H and O–H groups in total. The molecule has 1 saturated heterocycles. The first kappa shape index (κ1) is 19.1. The van der Waals surface area contributed by atoms with E-state index in [1.165, 1.54) is 4.31 Å². The van der Waals surface area contributed by atoms with Crippen LogP contribution in [-0.2, 0) is 10.0 Å². The van der Waals surface area contributed by atoms with Gasteiger partial charge in [0.1, 0.15) is 0 Å². The highest BCUT2D eigenvalue weighted by Crippen LogP contribution is 2.20. The highest BCUT2D eigenvalue weighted by atomic mass is 79.9. The lowest BCUT2D eigenvalue weighted by Gasteiger charge is -2.22. The topological polar surface area (TPSA) is 57.7 Å². The highest BCUT2D eigenvalue weighted by Gasteiger charge is 2.28. The molecule has 0 aliphatic carbocycles. The molecule has 0 bridgehead atoms. The van der Waals surface area contributed by atoms with E-state index in [-0.39, 0.29) is 5.91 Å². The Labute approximate surface area is 162 Å². The van der Waals surface area contributed by atoms with Gasteiger partial charge in [0.15, 0.2) is 0 Å². The van der Waals surface area contributed by atoms with Crippen molar-refractivity contribution in [3.05, 3.63) is 64.1 Å². The molecular formula is C19H21BrN2O3S. The summed E-state index contributed by atoms with van der Waals surface area (Å²) in [6.45, 7) is 3.57.